The van der Waals surface area contributed by atoms with Crippen molar-refractivity contribution < 1.29 is 13.2 Å². The van der Waals surface area contributed by atoms with Gasteiger partial charge in [0.15, 0.2) is 5.83 Å². The van der Waals surface area contributed by atoms with Gasteiger partial charge in [0.2, 0.25) is 0 Å². The van der Waals surface area contributed by atoms with Gasteiger partial charge in [0.05, 0.1) is 0 Å². The van der Waals surface area contributed by atoms with Crippen LogP contribution in [0.25, 0.3) is 5.83 Å². The molecule has 0 N–H and O–H groups in total. The maximum atomic E-state index is 12.8. The van der Waals surface area contributed by atoms with Gasteiger partial charge < -0.3 is 0 Å². The minimum atomic E-state index is -2.28. The van der Waals surface area contributed by atoms with Crippen molar-refractivity contribution in [2.45, 2.75) is 4.90 Å². The second kappa shape index (κ2) is 4.37. The van der Waals surface area contributed by atoms with Crippen molar-refractivity contribution >= 4 is 17.6 Å². The number of thioether (sulfide) groups is 1. The molecule has 0 bridgehead atoms. The van der Waals surface area contributed by atoms with Crippen molar-refractivity contribution in [1.29, 1.82) is 0 Å². The molecule has 0 radical (unpaired) electrons. The van der Waals surface area contributed by atoms with Crippen LogP contribution in [0.15, 0.2) is 35.2 Å². The molecule has 4 heteroatoms. The van der Waals surface area contributed by atoms with Gasteiger partial charge in [-0.1, -0.05) is 18.2 Å². The lowest BCUT2D eigenvalue weighted by atomic mass is 10.2. The molecule has 0 aromatic heterocycles. The van der Waals surface area contributed by atoms with Gasteiger partial charge in [-0.15, -0.1) is 11.8 Å². The van der Waals surface area contributed by atoms with E-state index in [0.717, 1.165) is 0 Å². The van der Waals surface area contributed by atoms with E-state index in [0.29, 0.717) is 4.90 Å². The molecule has 13 heavy (non-hydrogen) atoms. The normalized spacial score (nSPS) is 9.85. The highest BCUT2D eigenvalue weighted by Gasteiger charge is 2.11. The minimum Gasteiger partial charge on any atom is -0.200 e. The lowest BCUT2D eigenvalue weighted by molar-refractivity contribution is 0.410. The van der Waals surface area contributed by atoms with Crippen molar-refractivity contribution in [2.75, 3.05) is 6.26 Å². The van der Waals surface area contributed by atoms with Gasteiger partial charge in [0.1, 0.15) is 0 Å². The SMILES string of the molecule is CSc1ccccc1C(F)=C(F)F. The molecular formula is C9H7F3S. The first kappa shape index (κ1) is 10.2. The maximum Gasteiger partial charge on any atom is 0.306 e. The van der Waals surface area contributed by atoms with E-state index >= 15 is 0 Å². The molecule has 0 nitrogen and oxygen atoms in total. The van der Waals surface area contributed by atoms with E-state index in [2.05, 4.69) is 0 Å². The Balaban J connectivity index is 3.21. The summed E-state index contributed by atoms with van der Waals surface area (Å²) in [6, 6.07) is 6.14. The molecule has 1 rings (SSSR count). The predicted octanol–water partition coefficient (Wildman–Crippen LogP) is 3.94. The molecule has 1 aromatic carbocycles. The summed E-state index contributed by atoms with van der Waals surface area (Å²) in [5.41, 5.74) is -0.0463. The zero-order chi connectivity index (χ0) is 9.84. The summed E-state index contributed by atoms with van der Waals surface area (Å²) in [5, 5.41) is 0. The Hall–Kier alpha value is -0.900. The first-order valence-electron chi connectivity index (χ1n) is 3.51. The molecule has 0 spiro atoms. The zero-order valence-corrected chi connectivity index (χ0v) is 7.67. The number of hydrogen-bond donors (Lipinski definition) is 0. The molecule has 0 atom stereocenters. The Morgan fingerprint density at radius 1 is 1.15 bits per heavy atom. The molecule has 1 aromatic rings. The van der Waals surface area contributed by atoms with Crippen LogP contribution in [0.5, 0.6) is 0 Å². The third-order valence-electron chi connectivity index (χ3n) is 1.51. The summed E-state index contributed by atoms with van der Waals surface area (Å²) < 4.78 is 36.7. The summed E-state index contributed by atoms with van der Waals surface area (Å²) in [4.78, 5) is 0.507. The predicted molar refractivity (Wildman–Crippen MR) is 48.5 cm³/mol. The van der Waals surface area contributed by atoms with Crippen LogP contribution < -0.4 is 0 Å². The third-order valence-corrected chi connectivity index (χ3v) is 2.31. The van der Waals surface area contributed by atoms with Crippen LogP contribution in [0.1, 0.15) is 5.56 Å². The number of halogens is 3. The largest absolute Gasteiger partial charge is 0.306 e. The fourth-order valence-electron chi connectivity index (χ4n) is 0.928. The van der Waals surface area contributed by atoms with E-state index in [4.69, 9.17) is 0 Å². The molecule has 0 saturated carbocycles. The highest BCUT2D eigenvalue weighted by atomic mass is 32.2. The lowest BCUT2D eigenvalue weighted by Crippen LogP contribution is -1.83. The fourth-order valence-corrected chi connectivity index (χ4v) is 1.52. The number of hydrogen-bond acceptors (Lipinski definition) is 1. The van der Waals surface area contributed by atoms with Crippen LogP contribution in [0.4, 0.5) is 13.2 Å². The molecule has 0 aliphatic rings. The molecule has 70 valence electrons. The Labute approximate surface area is 78.5 Å². The average Bonchev–Trinajstić information content (AvgIpc) is 2.16. The van der Waals surface area contributed by atoms with Gasteiger partial charge in [-0.3, -0.25) is 0 Å². The summed E-state index contributed by atoms with van der Waals surface area (Å²) >= 11 is 1.23. The summed E-state index contributed by atoms with van der Waals surface area (Å²) in [6.07, 6.45) is -0.566. The monoisotopic (exact) mass is 204 g/mol. The highest BCUT2D eigenvalue weighted by Crippen LogP contribution is 2.30. The van der Waals surface area contributed by atoms with Crippen LogP contribution in [-0.4, -0.2) is 6.26 Å². The molecule has 0 heterocycles. The van der Waals surface area contributed by atoms with Crippen molar-refractivity contribution in [1.82, 2.24) is 0 Å². The second-order valence-electron chi connectivity index (χ2n) is 2.27. The Bertz CT molecular complexity index is 329. The second-order valence-corrected chi connectivity index (χ2v) is 3.12. The van der Waals surface area contributed by atoms with Crippen molar-refractivity contribution in [2.24, 2.45) is 0 Å². The Morgan fingerprint density at radius 2 is 1.77 bits per heavy atom. The molecule has 0 aliphatic carbocycles. The summed E-state index contributed by atoms with van der Waals surface area (Å²) in [6.45, 7) is 0. The lowest BCUT2D eigenvalue weighted by Gasteiger charge is -2.02. The average molecular weight is 204 g/mol. The van der Waals surface area contributed by atoms with Crippen molar-refractivity contribution in [3.8, 4) is 0 Å². The van der Waals surface area contributed by atoms with Crippen LogP contribution >= 0.6 is 11.8 Å². The van der Waals surface area contributed by atoms with Gasteiger partial charge in [-0.05, 0) is 12.3 Å². The van der Waals surface area contributed by atoms with Crippen LogP contribution in [0.2, 0.25) is 0 Å². The molecular weight excluding hydrogens is 197 g/mol. The van der Waals surface area contributed by atoms with E-state index in [1.165, 1.54) is 23.9 Å². The number of benzene rings is 1. The molecule has 0 amide bonds. The maximum absolute atomic E-state index is 12.8. The summed E-state index contributed by atoms with van der Waals surface area (Å²) in [5.74, 6) is -1.44. The van der Waals surface area contributed by atoms with Crippen LogP contribution in [-0.2, 0) is 0 Å². The van der Waals surface area contributed by atoms with Gasteiger partial charge in [-0.2, -0.15) is 8.78 Å². The first-order valence-corrected chi connectivity index (χ1v) is 4.73. The molecule has 0 saturated heterocycles. The quantitative estimate of drug-likeness (QED) is 0.657. The van der Waals surface area contributed by atoms with Gasteiger partial charge in [-0.25, -0.2) is 4.39 Å². The smallest absolute Gasteiger partial charge is 0.200 e. The van der Waals surface area contributed by atoms with Gasteiger partial charge >= 0.3 is 6.08 Å². The van der Waals surface area contributed by atoms with Crippen LogP contribution in [0, 0.1) is 0 Å². The van der Waals surface area contributed by atoms with Crippen molar-refractivity contribution in [3.63, 3.8) is 0 Å². The van der Waals surface area contributed by atoms with Gasteiger partial charge in [0.25, 0.3) is 0 Å². The third kappa shape index (κ3) is 2.28. The van der Waals surface area contributed by atoms with Crippen molar-refractivity contribution in [3.05, 3.63) is 35.9 Å². The van der Waals surface area contributed by atoms with E-state index < -0.39 is 11.9 Å². The first-order chi connectivity index (χ1) is 6.16. The van der Waals surface area contributed by atoms with E-state index in [9.17, 15) is 13.2 Å². The number of rotatable bonds is 2. The molecule has 0 fully saturated rings. The summed E-state index contributed by atoms with van der Waals surface area (Å²) in [7, 11) is 0. The standard InChI is InChI=1S/C9H7F3S/c1-13-7-5-3-2-4-6(7)8(10)9(11)12/h2-5H,1H3. The molecule has 0 unspecified atom stereocenters. The van der Waals surface area contributed by atoms with E-state index in [-0.39, 0.29) is 5.56 Å². The van der Waals surface area contributed by atoms with Gasteiger partial charge in [0, 0.05) is 10.5 Å². The van der Waals surface area contributed by atoms with E-state index in [1.807, 2.05) is 0 Å². The van der Waals surface area contributed by atoms with Crippen LogP contribution in [0.3, 0.4) is 0 Å². The highest BCUT2D eigenvalue weighted by molar-refractivity contribution is 7.98. The Kier molecular flexibility index (Phi) is 3.42. The zero-order valence-electron chi connectivity index (χ0n) is 6.85. The molecule has 0 aliphatic heterocycles. The topological polar surface area (TPSA) is 0 Å². The Morgan fingerprint density at radius 3 is 2.31 bits per heavy atom. The van der Waals surface area contributed by atoms with E-state index in [1.54, 1.807) is 18.4 Å². The fraction of sp³-hybridized carbons (Fsp3) is 0.111. The minimum absolute atomic E-state index is 0.0463.